The molecule has 3 saturated heterocycles. The van der Waals surface area contributed by atoms with Gasteiger partial charge in [-0.3, -0.25) is 9.69 Å². The summed E-state index contributed by atoms with van der Waals surface area (Å²) in [6.07, 6.45) is -5.32. The zero-order chi connectivity index (χ0) is 43.8. The third-order valence-electron chi connectivity index (χ3n) is 13.5. The zero-order valence-electron chi connectivity index (χ0n) is 38.1. The molecule has 3 N–H and O–H groups in total. The van der Waals surface area contributed by atoms with E-state index < -0.39 is 78.2 Å². The lowest BCUT2D eigenvalue weighted by atomic mass is 9.75. The number of esters is 1. The Morgan fingerprint density at radius 3 is 2.17 bits per heavy atom. The molecular weight excluding hydrogens is 760 g/mol. The van der Waals surface area contributed by atoms with E-state index in [-0.39, 0.29) is 43.1 Å². The molecule has 4 rings (SSSR count). The number of benzene rings is 1. The number of hydrogen-bond donors (Lipinski definition) is 3. The smallest absolute Gasteiger partial charge is 0.311 e. The van der Waals surface area contributed by atoms with E-state index in [0.717, 1.165) is 5.56 Å². The molecule has 14 nitrogen and oxygen atoms in total. The van der Waals surface area contributed by atoms with E-state index in [0.29, 0.717) is 39.0 Å². The lowest BCUT2D eigenvalue weighted by Crippen LogP contribution is -2.61. The highest BCUT2D eigenvalue weighted by molar-refractivity contribution is 5.72. The van der Waals surface area contributed by atoms with Gasteiger partial charge in [0.2, 0.25) is 0 Å². The molecule has 3 aliphatic rings. The largest absolute Gasteiger partial charge is 0.464 e. The van der Waals surface area contributed by atoms with Gasteiger partial charge in [-0.15, -0.1) is 0 Å². The normalized spacial score (nSPS) is 42.5. The van der Waals surface area contributed by atoms with Crippen LogP contribution < -0.4 is 0 Å². The molecule has 3 heterocycles. The number of rotatable bonds is 12. The van der Waals surface area contributed by atoms with Crippen molar-refractivity contribution >= 4 is 5.97 Å². The zero-order valence-corrected chi connectivity index (χ0v) is 38.1. The second-order valence-corrected chi connectivity index (χ2v) is 18.5. The maximum absolute atomic E-state index is 14.4. The van der Waals surface area contributed by atoms with Gasteiger partial charge in [0.1, 0.15) is 18.8 Å². The van der Waals surface area contributed by atoms with Crippen molar-refractivity contribution in [3.63, 3.8) is 0 Å². The first-order chi connectivity index (χ1) is 27.7. The molecule has 0 aromatic heterocycles. The van der Waals surface area contributed by atoms with Gasteiger partial charge in [-0.05, 0) is 92.4 Å². The molecule has 0 amide bonds. The van der Waals surface area contributed by atoms with Crippen molar-refractivity contribution in [3.05, 3.63) is 35.9 Å². The van der Waals surface area contributed by atoms with Gasteiger partial charge in [0.15, 0.2) is 12.6 Å². The maximum atomic E-state index is 14.4. The molecule has 14 heteroatoms. The first-order valence-electron chi connectivity index (χ1n) is 21.7. The van der Waals surface area contributed by atoms with Crippen LogP contribution in [0.15, 0.2) is 30.3 Å². The van der Waals surface area contributed by atoms with Crippen molar-refractivity contribution < 1.29 is 58.0 Å². The minimum atomic E-state index is -1.08. The Morgan fingerprint density at radius 2 is 1.54 bits per heavy atom. The molecule has 3 fully saturated rings. The van der Waals surface area contributed by atoms with Crippen molar-refractivity contribution in [2.45, 2.75) is 166 Å². The fourth-order valence-corrected chi connectivity index (χ4v) is 9.47. The molecule has 59 heavy (non-hydrogen) atoms. The average molecular weight is 839 g/mol. The Labute approximate surface area is 354 Å². The van der Waals surface area contributed by atoms with Gasteiger partial charge >= 0.3 is 5.97 Å². The van der Waals surface area contributed by atoms with Gasteiger partial charge in [-0.2, -0.15) is 0 Å². The van der Waals surface area contributed by atoms with Crippen LogP contribution in [0.25, 0.3) is 0 Å². The molecule has 3 aliphatic heterocycles. The number of ether oxygens (including phenoxy) is 8. The van der Waals surface area contributed by atoms with Crippen LogP contribution >= 0.6 is 0 Å². The van der Waals surface area contributed by atoms with E-state index in [1.54, 1.807) is 28.1 Å². The molecule has 340 valence electrons. The summed E-state index contributed by atoms with van der Waals surface area (Å²) < 4.78 is 50.9. The highest BCUT2D eigenvalue weighted by atomic mass is 16.7. The van der Waals surface area contributed by atoms with Crippen molar-refractivity contribution in [3.8, 4) is 0 Å². The number of hydrogen-bond acceptors (Lipinski definition) is 14. The molecule has 1 aromatic carbocycles. The van der Waals surface area contributed by atoms with Crippen LogP contribution in [0.2, 0.25) is 0 Å². The third kappa shape index (κ3) is 12.7. The topological polar surface area (TPSA) is 158 Å². The number of nitrogens with zero attached hydrogens (tertiary/aromatic N) is 2. The van der Waals surface area contributed by atoms with E-state index in [1.165, 1.54) is 0 Å². The van der Waals surface area contributed by atoms with E-state index in [9.17, 15) is 20.1 Å². The van der Waals surface area contributed by atoms with Crippen LogP contribution in [0.4, 0.5) is 0 Å². The Morgan fingerprint density at radius 1 is 0.881 bits per heavy atom. The Hall–Kier alpha value is -1.79. The predicted octanol–water partition coefficient (Wildman–Crippen LogP) is 4.25. The Balaban J connectivity index is 1.74. The second kappa shape index (κ2) is 22.0. The lowest BCUT2D eigenvalue weighted by molar-refractivity contribution is -0.319. The van der Waals surface area contributed by atoms with Gasteiger partial charge in [0, 0.05) is 51.8 Å². The number of aliphatic hydroxyl groups is 3. The molecule has 0 unspecified atom stereocenters. The molecule has 1 aromatic rings. The molecule has 17 atom stereocenters. The number of carbonyl (C=O) groups excluding carboxylic acids is 1. The Bertz CT molecular complexity index is 1410. The van der Waals surface area contributed by atoms with Crippen LogP contribution in [0.3, 0.4) is 0 Å². The summed E-state index contributed by atoms with van der Waals surface area (Å²) >= 11 is 0. The first-order valence-corrected chi connectivity index (χ1v) is 21.7. The summed E-state index contributed by atoms with van der Waals surface area (Å²) in [5.74, 6) is -2.32. The third-order valence-corrected chi connectivity index (χ3v) is 13.5. The minimum absolute atomic E-state index is 0.0976. The van der Waals surface area contributed by atoms with Gasteiger partial charge < -0.3 is 58.1 Å². The van der Waals surface area contributed by atoms with E-state index >= 15 is 0 Å². The molecule has 0 radical (unpaired) electrons. The summed E-state index contributed by atoms with van der Waals surface area (Å²) in [5.41, 5.74) is -0.982. The Kier molecular flexibility index (Phi) is 18.6. The van der Waals surface area contributed by atoms with Gasteiger partial charge in [-0.1, -0.05) is 51.1 Å². The van der Waals surface area contributed by atoms with Crippen molar-refractivity contribution in [2.75, 3.05) is 55.1 Å². The highest BCUT2D eigenvalue weighted by Gasteiger charge is 2.52. The van der Waals surface area contributed by atoms with Crippen LogP contribution in [0.1, 0.15) is 86.6 Å². The van der Waals surface area contributed by atoms with E-state index in [1.807, 2.05) is 97.9 Å². The van der Waals surface area contributed by atoms with Crippen molar-refractivity contribution in [2.24, 2.45) is 23.7 Å². The summed E-state index contributed by atoms with van der Waals surface area (Å²) in [6.45, 7) is 16.8. The van der Waals surface area contributed by atoms with Gasteiger partial charge in [0.05, 0.1) is 54.2 Å². The maximum Gasteiger partial charge on any atom is 0.311 e. The average Bonchev–Trinajstić information content (AvgIpc) is 3.20. The number of aliphatic hydroxyl groups excluding tert-OH is 3. The first kappa shape index (κ1) is 49.9. The van der Waals surface area contributed by atoms with E-state index in [2.05, 4.69) is 4.90 Å². The molecule has 0 aliphatic carbocycles. The van der Waals surface area contributed by atoms with Crippen LogP contribution in [0, 0.1) is 23.7 Å². The number of likely N-dealkylation sites (N-methyl/N-ethyl adjacent to an activating group) is 2. The fourth-order valence-electron chi connectivity index (χ4n) is 9.47. The standard InChI is InChI=1S/C45H78N2O12/c1-27-22-45(8,53-13)41(59-43-38(49)35(46(9)10)21-29(3)56-43)30(4)39(58-36-23-44(7,52-12)40(50)32(6)57-36)31(5)42(51)55-26-34(47(11)24-28(2)37(27)48)19-20-54-25-33-17-15-14-16-18-33/h14-18,27-32,34-41,43,48-50H,19-26H2,1-13H3/t27-,28-,29-,30+,31-,32+,34+,35+,36+,37+,38-,39+,40+,41-,43+,44-,45-/m1/s1. The van der Waals surface area contributed by atoms with Crippen LogP contribution in [-0.2, 0) is 49.3 Å². The number of methoxy groups -OCH3 is 2. The second-order valence-electron chi connectivity index (χ2n) is 18.5. The summed E-state index contributed by atoms with van der Waals surface area (Å²) in [5, 5.41) is 34.7. The van der Waals surface area contributed by atoms with Gasteiger partial charge in [0.25, 0.3) is 0 Å². The minimum Gasteiger partial charge on any atom is -0.464 e. The number of carbonyl (C=O) groups is 1. The van der Waals surface area contributed by atoms with Crippen LogP contribution in [-0.4, -0.2) is 165 Å². The van der Waals surface area contributed by atoms with Crippen molar-refractivity contribution in [1.29, 1.82) is 0 Å². The fraction of sp³-hybridized carbons (Fsp3) is 0.844. The predicted molar refractivity (Wildman–Crippen MR) is 223 cm³/mol. The summed E-state index contributed by atoms with van der Waals surface area (Å²) in [7, 11) is 9.00. The SMILES string of the molecule is CO[C@]1(C)C[C@@H](C)[C@H](O)[C@H](C)CN(C)[C@@H](CCOCc2ccccc2)COC(=O)[C@H](C)[C@@H](O[C@H]2C[C@@](C)(OC)[C@@H](O)[C@H](C)O2)[C@H](C)[C@H]1O[C@@H]1O[C@H](C)C[C@H](N(C)C)[C@H]1O. The number of cyclic esters (lactones) is 1. The van der Waals surface area contributed by atoms with Crippen molar-refractivity contribution in [1.82, 2.24) is 9.80 Å². The van der Waals surface area contributed by atoms with Crippen LogP contribution in [0.5, 0.6) is 0 Å². The summed E-state index contributed by atoms with van der Waals surface area (Å²) in [6, 6.07) is 9.55. The molecule has 0 spiro atoms. The van der Waals surface area contributed by atoms with E-state index in [4.69, 9.17) is 37.9 Å². The lowest BCUT2D eigenvalue weighted by Gasteiger charge is -2.49. The molecular formula is C45H78N2O12. The molecule has 0 saturated carbocycles. The highest BCUT2D eigenvalue weighted by Crippen LogP contribution is 2.41. The summed E-state index contributed by atoms with van der Waals surface area (Å²) in [4.78, 5) is 18.5. The monoisotopic (exact) mass is 839 g/mol. The molecule has 0 bridgehead atoms. The quantitative estimate of drug-likeness (QED) is 0.203. The van der Waals surface area contributed by atoms with Gasteiger partial charge in [-0.25, -0.2) is 0 Å².